The van der Waals surface area contributed by atoms with Gasteiger partial charge in [-0.2, -0.15) is 0 Å². The van der Waals surface area contributed by atoms with Crippen LogP contribution in [0.5, 0.6) is 5.75 Å². The van der Waals surface area contributed by atoms with Gasteiger partial charge in [0.2, 0.25) is 5.91 Å². The lowest BCUT2D eigenvalue weighted by Gasteiger charge is -2.09. The van der Waals surface area contributed by atoms with Crippen molar-refractivity contribution in [3.05, 3.63) is 59.7 Å². The standard InChI is InChI=1S/C19H21NO3/c1-14-6-3-4-7-18(14)23-13-5-8-19(22)20-17-11-9-16(10-12-17)15(2)21/h3-4,6-7,9-12H,5,8,13H2,1-2H3,(H,20,22). The Bertz CT molecular complexity index is 677. The number of para-hydroxylation sites is 1. The lowest BCUT2D eigenvalue weighted by Crippen LogP contribution is -2.13. The van der Waals surface area contributed by atoms with Gasteiger partial charge < -0.3 is 10.1 Å². The number of carbonyl (C=O) groups excluding carboxylic acids is 2. The molecule has 23 heavy (non-hydrogen) atoms. The van der Waals surface area contributed by atoms with Crippen molar-refractivity contribution in [2.24, 2.45) is 0 Å². The van der Waals surface area contributed by atoms with Crippen LogP contribution in [0.2, 0.25) is 0 Å². The molecule has 0 bridgehead atoms. The number of Topliss-reactive ketones (excluding diaryl/α,β-unsaturated/α-hetero) is 1. The van der Waals surface area contributed by atoms with E-state index in [2.05, 4.69) is 5.32 Å². The fraction of sp³-hybridized carbons (Fsp3) is 0.263. The molecule has 0 aliphatic carbocycles. The first-order valence-electron chi connectivity index (χ1n) is 7.65. The maximum Gasteiger partial charge on any atom is 0.224 e. The van der Waals surface area contributed by atoms with Crippen molar-refractivity contribution in [2.75, 3.05) is 11.9 Å². The fourth-order valence-corrected chi connectivity index (χ4v) is 2.14. The monoisotopic (exact) mass is 311 g/mol. The summed E-state index contributed by atoms with van der Waals surface area (Å²) in [5.74, 6) is 0.804. The number of anilines is 1. The largest absolute Gasteiger partial charge is 0.493 e. The molecule has 0 radical (unpaired) electrons. The molecule has 0 heterocycles. The molecule has 0 aliphatic heterocycles. The second-order valence-corrected chi connectivity index (χ2v) is 5.40. The van der Waals surface area contributed by atoms with Crippen LogP contribution in [0.4, 0.5) is 5.69 Å². The summed E-state index contributed by atoms with van der Waals surface area (Å²) in [6, 6.07) is 14.7. The molecule has 2 rings (SSSR count). The zero-order valence-electron chi connectivity index (χ0n) is 13.5. The Labute approximate surface area is 136 Å². The average Bonchev–Trinajstić information content (AvgIpc) is 2.53. The number of hydrogen-bond donors (Lipinski definition) is 1. The first kappa shape index (κ1) is 16.7. The zero-order chi connectivity index (χ0) is 16.7. The van der Waals surface area contributed by atoms with E-state index in [0.29, 0.717) is 30.7 Å². The molecule has 1 amide bonds. The Kier molecular flexibility index (Phi) is 5.92. The molecule has 0 saturated heterocycles. The van der Waals surface area contributed by atoms with Crippen molar-refractivity contribution in [3.8, 4) is 5.75 Å². The fourth-order valence-electron chi connectivity index (χ4n) is 2.14. The van der Waals surface area contributed by atoms with Crippen molar-refractivity contribution in [1.29, 1.82) is 0 Å². The lowest BCUT2D eigenvalue weighted by molar-refractivity contribution is -0.116. The number of benzene rings is 2. The molecule has 0 aromatic heterocycles. The Morgan fingerprint density at radius 1 is 1.04 bits per heavy atom. The number of ether oxygens (including phenoxy) is 1. The minimum Gasteiger partial charge on any atom is -0.493 e. The van der Waals surface area contributed by atoms with Crippen molar-refractivity contribution in [1.82, 2.24) is 0 Å². The maximum atomic E-state index is 11.9. The van der Waals surface area contributed by atoms with E-state index < -0.39 is 0 Å². The third-order valence-corrected chi connectivity index (χ3v) is 3.47. The summed E-state index contributed by atoms with van der Waals surface area (Å²) in [7, 11) is 0. The van der Waals surface area contributed by atoms with Crippen LogP contribution in [0.3, 0.4) is 0 Å². The van der Waals surface area contributed by atoms with Crippen LogP contribution >= 0.6 is 0 Å². The molecule has 2 aromatic rings. The molecule has 4 heteroatoms. The van der Waals surface area contributed by atoms with Crippen LogP contribution in [0.1, 0.15) is 35.7 Å². The van der Waals surface area contributed by atoms with Crippen molar-refractivity contribution >= 4 is 17.4 Å². The first-order chi connectivity index (χ1) is 11.1. The smallest absolute Gasteiger partial charge is 0.224 e. The van der Waals surface area contributed by atoms with Crippen LogP contribution in [0, 0.1) is 6.92 Å². The van der Waals surface area contributed by atoms with E-state index >= 15 is 0 Å². The quantitative estimate of drug-likeness (QED) is 0.621. The van der Waals surface area contributed by atoms with Gasteiger partial charge >= 0.3 is 0 Å². The van der Waals surface area contributed by atoms with Crippen LogP contribution in [-0.2, 0) is 4.79 Å². The summed E-state index contributed by atoms with van der Waals surface area (Å²) in [6.07, 6.45) is 1.03. The van der Waals surface area contributed by atoms with Gasteiger partial charge in [0.1, 0.15) is 5.75 Å². The number of aryl methyl sites for hydroxylation is 1. The molecule has 4 nitrogen and oxygen atoms in total. The second kappa shape index (κ2) is 8.13. The molecule has 0 aliphatic rings. The van der Waals surface area contributed by atoms with E-state index in [1.807, 2.05) is 31.2 Å². The van der Waals surface area contributed by atoms with Crippen LogP contribution in [-0.4, -0.2) is 18.3 Å². The highest BCUT2D eigenvalue weighted by molar-refractivity contribution is 5.95. The van der Waals surface area contributed by atoms with Gasteiger partial charge in [0.15, 0.2) is 5.78 Å². The van der Waals surface area contributed by atoms with Crippen molar-refractivity contribution in [2.45, 2.75) is 26.7 Å². The average molecular weight is 311 g/mol. The molecular formula is C19H21NO3. The summed E-state index contributed by atoms with van der Waals surface area (Å²) in [5.41, 5.74) is 2.41. The van der Waals surface area contributed by atoms with Gasteiger partial charge in [-0.25, -0.2) is 0 Å². The normalized spacial score (nSPS) is 10.2. The van der Waals surface area contributed by atoms with Gasteiger partial charge in [-0.1, -0.05) is 18.2 Å². The highest BCUT2D eigenvalue weighted by Crippen LogP contribution is 2.16. The van der Waals surface area contributed by atoms with E-state index in [1.165, 1.54) is 6.92 Å². The van der Waals surface area contributed by atoms with E-state index in [9.17, 15) is 9.59 Å². The summed E-state index contributed by atoms with van der Waals surface area (Å²) in [4.78, 5) is 23.1. The highest BCUT2D eigenvalue weighted by atomic mass is 16.5. The number of hydrogen-bond acceptors (Lipinski definition) is 3. The van der Waals surface area contributed by atoms with Gasteiger partial charge in [0.25, 0.3) is 0 Å². The van der Waals surface area contributed by atoms with Crippen LogP contribution < -0.4 is 10.1 Å². The summed E-state index contributed by atoms with van der Waals surface area (Å²) < 4.78 is 5.66. The number of amides is 1. The van der Waals surface area contributed by atoms with Gasteiger partial charge in [0.05, 0.1) is 6.61 Å². The molecule has 0 saturated carbocycles. The molecule has 0 fully saturated rings. The van der Waals surface area contributed by atoms with Crippen LogP contribution in [0.15, 0.2) is 48.5 Å². The molecule has 0 spiro atoms. The third-order valence-electron chi connectivity index (χ3n) is 3.47. The van der Waals surface area contributed by atoms with Gasteiger partial charge in [-0.05, 0) is 56.2 Å². The Morgan fingerprint density at radius 2 is 1.74 bits per heavy atom. The first-order valence-corrected chi connectivity index (χ1v) is 7.65. The van der Waals surface area contributed by atoms with Gasteiger partial charge in [0, 0.05) is 17.7 Å². The molecular weight excluding hydrogens is 290 g/mol. The van der Waals surface area contributed by atoms with Gasteiger partial charge in [-0.3, -0.25) is 9.59 Å². The Hall–Kier alpha value is -2.62. The number of ketones is 1. The number of carbonyl (C=O) groups is 2. The zero-order valence-corrected chi connectivity index (χ0v) is 13.5. The minimum absolute atomic E-state index is 0.0104. The predicted octanol–water partition coefficient (Wildman–Crippen LogP) is 4.00. The topological polar surface area (TPSA) is 55.4 Å². The van der Waals surface area contributed by atoms with E-state index in [4.69, 9.17) is 4.74 Å². The van der Waals surface area contributed by atoms with E-state index in [-0.39, 0.29) is 11.7 Å². The Balaban J connectivity index is 1.73. The summed E-state index contributed by atoms with van der Waals surface area (Å²) in [6.45, 7) is 4.01. The van der Waals surface area contributed by atoms with Gasteiger partial charge in [-0.15, -0.1) is 0 Å². The molecule has 1 N–H and O–H groups in total. The lowest BCUT2D eigenvalue weighted by atomic mass is 10.1. The number of nitrogens with one attached hydrogen (secondary N) is 1. The van der Waals surface area contributed by atoms with Crippen molar-refractivity contribution < 1.29 is 14.3 Å². The minimum atomic E-state index is -0.0611. The molecule has 0 unspecified atom stereocenters. The van der Waals surface area contributed by atoms with E-state index in [0.717, 1.165) is 11.3 Å². The molecule has 2 aromatic carbocycles. The molecule has 120 valence electrons. The summed E-state index contributed by atoms with van der Waals surface area (Å²) in [5, 5.41) is 2.81. The third kappa shape index (κ3) is 5.25. The summed E-state index contributed by atoms with van der Waals surface area (Å²) >= 11 is 0. The maximum absolute atomic E-state index is 11.9. The molecule has 0 atom stereocenters. The number of rotatable bonds is 7. The second-order valence-electron chi connectivity index (χ2n) is 5.40. The SMILES string of the molecule is CC(=O)c1ccc(NC(=O)CCCOc2ccccc2C)cc1. The predicted molar refractivity (Wildman–Crippen MR) is 91.0 cm³/mol. The van der Waals surface area contributed by atoms with E-state index in [1.54, 1.807) is 24.3 Å². The highest BCUT2D eigenvalue weighted by Gasteiger charge is 2.04. The van der Waals surface area contributed by atoms with Crippen molar-refractivity contribution in [3.63, 3.8) is 0 Å². The Morgan fingerprint density at radius 3 is 2.39 bits per heavy atom. The van der Waals surface area contributed by atoms with Crippen LogP contribution in [0.25, 0.3) is 0 Å².